The van der Waals surface area contributed by atoms with E-state index in [0.717, 1.165) is 17.8 Å². The first-order valence-electron chi connectivity index (χ1n) is 6.44. The molecular formula is C16H19FN2O. The Morgan fingerprint density at radius 2 is 1.95 bits per heavy atom. The average molecular weight is 274 g/mol. The number of methoxy groups -OCH3 is 1. The number of benzene rings is 2. The number of nitrogens with zero attached hydrogens (tertiary/aromatic N) is 1. The molecule has 0 spiro atoms. The molecule has 2 aromatic carbocycles. The second-order valence-corrected chi connectivity index (χ2v) is 4.87. The lowest BCUT2D eigenvalue weighted by Crippen LogP contribution is -2.18. The molecule has 0 amide bonds. The van der Waals surface area contributed by atoms with Crippen molar-refractivity contribution >= 4 is 5.69 Å². The van der Waals surface area contributed by atoms with Crippen LogP contribution in [0.5, 0.6) is 5.75 Å². The molecule has 0 saturated carbocycles. The normalized spacial score (nSPS) is 10.8. The van der Waals surface area contributed by atoms with Gasteiger partial charge in [0.25, 0.3) is 0 Å². The minimum Gasteiger partial charge on any atom is -0.497 e. The van der Waals surface area contributed by atoms with Gasteiger partial charge in [-0.1, -0.05) is 18.2 Å². The molecule has 4 heteroatoms. The number of nitrogen functional groups attached to an aromatic ring is 1. The third kappa shape index (κ3) is 3.71. The van der Waals surface area contributed by atoms with Gasteiger partial charge in [-0.3, -0.25) is 4.90 Å². The van der Waals surface area contributed by atoms with E-state index in [2.05, 4.69) is 0 Å². The van der Waals surface area contributed by atoms with E-state index in [-0.39, 0.29) is 5.82 Å². The second-order valence-electron chi connectivity index (χ2n) is 4.87. The van der Waals surface area contributed by atoms with Crippen LogP contribution in [0.1, 0.15) is 11.1 Å². The van der Waals surface area contributed by atoms with Gasteiger partial charge in [-0.05, 0) is 30.8 Å². The van der Waals surface area contributed by atoms with Crippen LogP contribution in [0.4, 0.5) is 10.1 Å². The molecule has 0 saturated heterocycles. The molecule has 2 N–H and O–H groups in total. The highest BCUT2D eigenvalue weighted by Gasteiger charge is 2.08. The first-order chi connectivity index (χ1) is 9.58. The minimum atomic E-state index is -0.247. The molecular weight excluding hydrogens is 255 g/mol. The fourth-order valence-corrected chi connectivity index (χ4v) is 2.13. The number of hydrogen-bond acceptors (Lipinski definition) is 3. The van der Waals surface area contributed by atoms with Gasteiger partial charge < -0.3 is 10.5 Å². The van der Waals surface area contributed by atoms with Gasteiger partial charge in [-0.25, -0.2) is 4.39 Å². The van der Waals surface area contributed by atoms with E-state index >= 15 is 0 Å². The lowest BCUT2D eigenvalue weighted by molar-refractivity contribution is 0.313. The monoisotopic (exact) mass is 274 g/mol. The van der Waals surface area contributed by atoms with Gasteiger partial charge >= 0.3 is 0 Å². The van der Waals surface area contributed by atoms with E-state index in [1.807, 2.05) is 36.2 Å². The molecule has 0 aromatic heterocycles. The molecule has 0 unspecified atom stereocenters. The highest BCUT2D eigenvalue weighted by molar-refractivity contribution is 5.40. The predicted molar refractivity (Wildman–Crippen MR) is 79.0 cm³/mol. The van der Waals surface area contributed by atoms with Crippen molar-refractivity contribution in [2.45, 2.75) is 13.1 Å². The van der Waals surface area contributed by atoms with E-state index in [4.69, 9.17) is 10.5 Å². The zero-order chi connectivity index (χ0) is 14.5. The van der Waals surface area contributed by atoms with Crippen LogP contribution in [0.15, 0.2) is 42.5 Å². The molecule has 106 valence electrons. The molecule has 0 heterocycles. The number of rotatable bonds is 5. The third-order valence-electron chi connectivity index (χ3n) is 3.10. The summed E-state index contributed by atoms with van der Waals surface area (Å²) < 4.78 is 18.9. The number of nitrogens with two attached hydrogens (primary N) is 1. The van der Waals surface area contributed by atoms with E-state index in [9.17, 15) is 4.39 Å². The third-order valence-corrected chi connectivity index (χ3v) is 3.10. The summed E-state index contributed by atoms with van der Waals surface area (Å²) in [6.45, 7) is 1.25. The Balaban J connectivity index is 2.02. The largest absolute Gasteiger partial charge is 0.497 e. The van der Waals surface area contributed by atoms with E-state index in [1.54, 1.807) is 12.1 Å². The molecule has 2 rings (SSSR count). The number of hydrogen-bond donors (Lipinski definition) is 1. The molecule has 0 radical (unpaired) electrons. The molecule has 0 fully saturated rings. The van der Waals surface area contributed by atoms with Crippen LogP contribution in [-0.2, 0) is 13.1 Å². The molecule has 0 aliphatic rings. The predicted octanol–water partition coefficient (Wildman–Crippen LogP) is 3.05. The summed E-state index contributed by atoms with van der Waals surface area (Å²) in [5, 5.41) is 0. The van der Waals surface area contributed by atoms with E-state index in [0.29, 0.717) is 17.9 Å². The van der Waals surface area contributed by atoms with Gasteiger partial charge in [0.1, 0.15) is 11.6 Å². The van der Waals surface area contributed by atoms with Gasteiger partial charge in [-0.15, -0.1) is 0 Å². The SMILES string of the molecule is COc1ccc(CN(C)Cc2cccc(N)c2)c(F)c1. The van der Waals surface area contributed by atoms with Crippen LogP contribution in [0.2, 0.25) is 0 Å². The van der Waals surface area contributed by atoms with Crippen LogP contribution in [0, 0.1) is 5.82 Å². The first-order valence-corrected chi connectivity index (χ1v) is 6.44. The van der Waals surface area contributed by atoms with Crippen LogP contribution < -0.4 is 10.5 Å². The Labute approximate surface area is 118 Å². The van der Waals surface area contributed by atoms with Crippen molar-refractivity contribution in [1.29, 1.82) is 0 Å². The molecule has 0 atom stereocenters. The van der Waals surface area contributed by atoms with Gasteiger partial charge in [0.05, 0.1) is 7.11 Å². The van der Waals surface area contributed by atoms with Crippen LogP contribution >= 0.6 is 0 Å². The number of halogens is 1. The Bertz CT molecular complexity index is 586. The lowest BCUT2D eigenvalue weighted by Gasteiger charge is -2.17. The topological polar surface area (TPSA) is 38.5 Å². The Kier molecular flexibility index (Phi) is 4.58. The quantitative estimate of drug-likeness (QED) is 0.852. The summed E-state index contributed by atoms with van der Waals surface area (Å²) in [6.07, 6.45) is 0. The minimum absolute atomic E-state index is 0.247. The Morgan fingerprint density at radius 1 is 1.15 bits per heavy atom. The maximum absolute atomic E-state index is 13.9. The van der Waals surface area contributed by atoms with Crippen LogP contribution in [-0.4, -0.2) is 19.1 Å². The molecule has 3 nitrogen and oxygen atoms in total. The molecule has 0 aliphatic carbocycles. The maximum atomic E-state index is 13.9. The van der Waals surface area contributed by atoms with Crippen molar-refractivity contribution in [2.24, 2.45) is 0 Å². The van der Waals surface area contributed by atoms with Crippen molar-refractivity contribution in [3.63, 3.8) is 0 Å². The summed E-state index contributed by atoms with van der Waals surface area (Å²) in [5.41, 5.74) is 8.26. The average Bonchev–Trinajstić information content (AvgIpc) is 2.41. The van der Waals surface area contributed by atoms with Crippen molar-refractivity contribution in [1.82, 2.24) is 4.90 Å². The van der Waals surface area contributed by atoms with E-state index in [1.165, 1.54) is 13.2 Å². The van der Waals surface area contributed by atoms with Gasteiger partial charge in [-0.2, -0.15) is 0 Å². The fraction of sp³-hybridized carbons (Fsp3) is 0.250. The summed E-state index contributed by atoms with van der Waals surface area (Å²) in [4.78, 5) is 2.04. The first kappa shape index (κ1) is 14.3. The zero-order valence-corrected chi connectivity index (χ0v) is 11.8. The summed E-state index contributed by atoms with van der Waals surface area (Å²) in [5.74, 6) is 0.286. The Hall–Kier alpha value is -2.07. The van der Waals surface area contributed by atoms with Gasteiger partial charge in [0.15, 0.2) is 0 Å². The standard InChI is InChI=1S/C16H19FN2O/c1-19(10-12-4-3-5-14(18)8-12)11-13-6-7-15(20-2)9-16(13)17/h3-9H,10-11,18H2,1-2H3. The summed E-state index contributed by atoms with van der Waals surface area (Å²) >= 11 is 0. The van der Waals surface area contributed by atoms with Crippen molar-refractivity contribution < 1.29 is 9.13 Å². The van der Waals surface area contributed by atoms with Crippen LogP contribution in [0.25, 0.3) is 0 Å². The van der Waals surface area contributed by atoms with Crippen molar-refractivity contribution in [3.8, 4) is 5.75 Å². The van der Waals surface area contributed by atoms with E-state index < -0.39 is 0 Å². The smallest absolute Gasteiger partial charge is 0.131 e. The summed E-state index contributed by atoms with van der Waals surface area (Å²) in [7, 11) is 3.48. The highest BCUT2D eigenvalue weighted by atomic mass is 19.1. The fourth-order valence-electron chi connectivity index (χ4n) is 2.13. The van der Waals surface area contributed by atoms with Gasteiger partial charge in [0.2, 0.25) is 0 Å². The second kappa shape index (κ2) is 6.39. The van der Waals surface area contributed by atoms with Crippen molar-refractivity contribution in [2.75, 3.05) is 19.9 Å². The Morgan fingerprint density at radius 3 is 2.60 bits per heavy atom. The zero-order valence-electron chi connectivity index (χ0n) is 11.8. The van der Waals surface area contributed by atoms with Gasteiger partial charge in [0, 0.05) is 30.4 Å². The maximum Gasteiger partial charge on any atom is 0.131 e. The molecule has 0 aliphatic heterocycles. The molecule has 0 bridgehead atoms. The lowest BCUT2D eigenvalue weighted by atomic mass is 10.1. The molecule has 20 heavy (non-hydrogen) atoms. The highest BCUT2D eigenvalue weighted by Crippen LogP contribution is 2.18. The summed E-state index contributed by atoms with van der Waals surface area (Å²) in [6, 6.07) is 12.7. The molecule has 2 aromatic rings. The van der Waals surface area contributed by atoms with Crippen molar-refractivity contribution in [3.05, 3.63) is 59.4 Å². The van der Waals surface area contributed by atoms with Crippen LogP contribution in [0.3, 0.4) is 0 Å². The number of anilines is 1. The number of ether oxygens (including phenoxy) is 1.